The van der Waals surface area contributed by atoms with E-state index in [1.807, 2.05) is 0 Å². The summed E-state index contributed by atoms with van der Waals surface area (Å²) >= 11 is 0. The van der Waals surface area contributed by atoms with Crippen LogP contribution in [0, 0.1) is 0 Å². The second kappa shape index (κ2) is 7.56. The van der Waals surface area contributed by atoms with Crippen LogP contribution in [-0.4, -0.2) is 31.7 Å². The van der Waals surface area contributed by atoms with Crippen LogP contribution in [0.1, 0.15) is 26.2 Å². The number of quaternary nitrogens is 1. The van der Waals surface area contributed by atoms with Gasteiger partial charge in [-0.25, -0.2) is 0 Å². The van der Waals surface area contributed by atoms with Crippen LogP contribution in [0.5, 0.6) is 0 Å². The van der Waals surface area contributed by atoms with E-state index in [0.29, 0.717) is 12.1 Å². The summed E-state index contributed by atoms with van der Waals surface area (Å²) in [4.78, 5) is 0. The minimum atomic E-state index is 0. The second-order valence-electron chi connectivity index (χ2n) is 3.61. The van der Waals surface area contributed by atoms with Gasteiger partial charge in [0, 0.05) is 6.42 Å². The first-order chi connectivity index (χ1) is 5.84. The van der Waals surface area contributed by atoms with Crippen molar-refractivity contribution in [2.45, 2.75) is 38.3 Å². The van der Waals surface area contributed by atoms with Crippen molar-refractivity contribution < 1.29 is 18.1 Å². The molecule has 1 aliphatic carbocycles. The number of nitrogens with one attached hydrogen (secondary N) is 2. The third kappa shape index (κ3) is 4.81. The second-order valence-corrected chi connectivity index (χ2v) is 3.61. The highest BCUT2D eigenvalue weighted by Gasteiger charge is 2.29. The molecule has 3 nitrogen and oxygen atoms in total. The molecule has 0 aliphatic heterocycles. The van der Waals surface area contributed by atoms with Crippen LogP contribution in [0.3, 0.4) is 0 Å². The maximum atomic E-state index is 4.06. The van der Waals surface area contributed by atoms with E-state index in [9.17, 15) is 0 Å². The lowest BCUT2D eigenvalue weighted by Gasteiger charge is -2.31. The summed E-state index contributed by atoms with van der Waals surface area (Å²) in [6.45, 7) is 5.51. The van der Waals surface area contributed by atoms with Gasteiger partial charge in [-0.05, 0) is 32.5 Å². The van der Waals surface area contributed by atoms with Gasteiger partial charge in [0.2, 0.25) is 0 Å². The van der Waals surface area contributed by atoms with Crippen molar-refractivity contribution in [3.63, 3.8) is 0 Å². The number of halogens is 1. The predicted molar refractivity (Wildman–Crippen MR) is 50.9 cm³/mol. The summed E-state index contributed by atoms with van der Waals surface area (Å²) in [5.74, 6) is 0. The molecule has 0 amide bonds. The summed E-state index contributed by atoms with van der Waals surface area (Å²) in [7, 11) is 0. The fourth-order valence-corrected chi connectivity index (χ4v) is 1.52. The topological polar surface area (TPSA) is 51.7 Å². The van der Waals surface area contributed by atoms with Crippen molar-refractivity contribution in [2.24, 2.45) is 0 Å². The molecule has 0 saturated heterocycles. The molecule has 2 atom stereocenters. The van der Waals surface area contributed by atoms with E-state index in [1.54, 1.807) is 0 Å². The zero-order valence-corrected chi connectivity index (χ0v) is 9.24. The largest absolute Gasteiger partial charge is 1.00 e. The number of rotatable bonds is 6. The SMILES string of the molecule is CCNCCCNC1CCC1[NH3+].[Cl-]. The van der Waals surface area contributed by atoms with E-state index in [2.05, 4.69) is 23.3 Å². The van der Waals surface area contributed by atoms with E-state index in [4.69, 9.17) is 0 Å². The molecular formula is C9H22ClN3. The average molecular weight is 208 g/mol. The standard InChI is InChI=1S/C9H21N3.ClH/c1-2-11-6-3-7-12-9-5-4-8(9)10;/h8-9,11-12H,2-7,10H2,1H3;1H. The molecule has 0 heterocycles. The van der Waals surface area contributed by atoms with Crippen LogP contribution in [0.25, 0.3) is 0 Å². The minimum Gasteiger partial charge on any atom is -1.00 e. The first kappa shape index (κ1) is 13.2. The molecule has 0 aromatic carbocycles. The Bertz CT molecular complexity index is 121. The van der Waals surface area contributed by atoms with Crippen LogP contribution in [0.4, 0.5) is 0 Å². The van der Waals surface area contributed by atoms with Crippen molar-refractivity contribution in [1.82, 2.24) is 10.6 Å². The van der Waals surface area contributed by atoms with Gasteiger partial charge in [-0.1, -0.05) is 6.92 Å². The van der Waals surface area contributed by atoms with Gasteiger partial charge in [-0.2, -0.15) is 0 Å². The smallest absolute Gasteiger partial charge is 0.0999 e. The molecule has 1 rings (SSSR count). The van der Waals surface area contributed by atoms with Gasteiger partial charge in [0.05, 0.1) is 12.1 Å². The first-order valence-electron chi connectivity index (χ1n) is 5.11. The Hall–Kier alpha value is 0.170. The molecule has 0 aromatic heterocycles. The lowest BCUT2D eigenvalue weighted by molar-refractivity contribution is -0.444. The third-order valence-corrected chi connectivity index (χ3v) is 2.60. The zero-order valence-electron chi connectivity index (χ0n) is 8.48. The summed E-state index contributed by atoms with van der Waals surface area (Å²) in [5.41, 5.74) is 4.06. The highest BCUT2D eigenvalue weighted by atomic mass is 35.5. The Labute approximate surface area is 87.2 Å². The van der Waals surface area contributed by atoms with Gasteiger partial charge in [0.15, 0.2) is 0 Å². The van der Waals surface area contributed by atoms with Gasteiger partial charge in [0.1, 0.15) is 0 Å². The van der Waals surface area contributed by atoms with E-state index >= 15 is 0 Å². The molecule has 1 aliphatic rings. The highest BCUT2D eigenvalue weighted by Crippen LogP contribution is 2.15. The fraction of sp³-hybridized carbons (Fsp3) is 1.00. The van der Waals surface area contributed by atoms with Gasteiger partial charge in [-0.3, -0.25) is 0 Å². The van der Waals surface area contributed by atoms with Gasteiger partial charge in [0.25, 0.3) is 0 Å². The molecule has 0 aromatic rings. The quantitative estimate of drug-likeness (QED) is 0.394. The van der Waals surface area contributed by atoms with Crippen molar-refractivity contribution in [3.05, 3.63) is 0 Å². The molecule has 2 unspecified atom stereocenters. The zero-order chi connectivity index (χ0) is 8.81. The lowest BCUT2D eigenvalue weighted by atomic mass is 9.87. The molecule has 1 saturated carbocycles. The van der Waals surface area contributed by atoms with Gasteiger partial charge >= 0.3 is 0 Å². The average Bonchev–Trinajstić information content (AvgIpc) is 2.08. The minimum absolute atomic E-state index is 0. The molecular weight excluding hydrogens is 186 g/mol. The maximum absolute atomic E-state index is 4.06. The molecule has 5 N–H and O–H groups in total. The predicted octanol–water partition coefficient (Wildman–Crippen LogP) is -3.65. The van der Waals surface area contributed by atoms with Crippen LogP contribution in [0.2, 0.25) is 0 Å². The van der Waals surface area contributed by atoms with Crippen molar-refractivity contribution >= 4 is 0 Å². The summed E-state index contributed by atoms with van der Waals surface area (Å²) in [6.07, 6.45) is 3.87. The number of hydrogen-bond acceptors (Lipinski definition) is 2. The normalized spacial score (nSPS) is 26.3. The first-order valence-corrected chi connectivity index (χ1v) is 5.11. The van der Waals surface area contributed by atoms with Crippen LogP contribution in [0.15, 0.2) is 0 Å². The molecule has 4 heteroatoms. The molecule has 0 spiro atoms. The molecule has 1 fully saturated rings. The molecule has 0 bridgehead atoms. The Morgan fingerprint density at radius 3 is 2.54 bits per heavy atom. The Morgan fingerprint density at radius 2 is 2.08 bits per heavy atom. The Kier molecular flexibility index (Phi) is 7.66. The monoisotopic (exact) mass is 207 g/mol. The van der Waals surface area contributed by atoms with E-state index < -0.39 is 0 Å². The summed E-state index contributed by atoms with van der Waals surface area (Å²) < 4.78 is 0. The highest BCUT2D eigenvalue weighted by molar-refractivity contribution is 4.84. The van der Waals surface area contributed by atoms with Crippen LogP contribution < -0.4 is 28.8 Å². The third-order valence-electron chi connectivity index (χ3n) is 2.60. The molecule has 13 heavy (non-hydrogen) atoms. The van der Waals surface area contributed by atoms with Gasteiger partial charge < -0.3 is 28.8 Å². The van der Waals surface area contributed by atoms with Crippen LogP contribution in [-0.2, 0) is 0 Å². The Balaban J connectivity index is 0.00000144. The molecule has 80 valence electrons. The lowest BCUT2D eigenvalue weighted by Crippen LogP contribution is -3.00. The van der Waals surface area contributed by atoms with Gasteiger partial charge in [-0.15, -0.1) is 0 Å². The fourth-order valence-electron chi connectivity index (χ4n) is 1.52. The van der Waals surface area contributed by atoms with E-state index in [-0.39, 0.29) is 12.4 Å². The van der Waals surface area contributed by atoms with Crippen molar-refractivity contribution in [3.8, 4) is 0 Å². The van der Waals surface area contributed by atoms with Crippen LogP contribution >= 0.6 is 0 Å². The summed E-state index contributed by atoms with van der Waals surface area (Å²) in [6, 6.07) is 1.38. The Morgan fingerprint density at radius 1 is 1.31 bits per heavy atom. The molecule has 0 radical (unpaired) electrons. The van der Waals surface area contributed by atoms with Crippen molar-refractivity contribution in [1.29, 1.82) is 0 Å². The van der Waals surface area contributed by atoms with E-state index in [1.165, 1.54) is 19.3 Å². The van der Waals surface area contributed by atoms with E-state index in [0.717, 1.165) is 19.6 Å². The van der Waals surface area contributed by atoms with Crippen molar-refractivity contribution in [2.75, 3.05) is 19.6 Å². The summed E-state index contributed by atoms with van der Waals surface area (Å²) in [5, 5.41) is 6.84. The number of hydrogen-bond donors (Lipinski definition) is 3. The maximum Gasteiger partial charge on any atom is 0.0999 e.